The molecule has 0 fully saturated rings. The molecule has 0 aliphatic carbocycles. The molecule has 2 rings (SSSR count). The van der Waals surface area contributed by atoms with Gasteiger partial charge < -0.3 is 14.5 Å². The van der Waals surface area contributed by atoms with Crippen molar-refractivity contribution in [3.8, 4) is 0 Å². The molecule has 16 heavy (non-hydrogen) atoms. The van der Waals surface area contributed by atoms with Crippen LogP contribution in [0.4, 0.5) is 0 Å². The molecule has 0 aliphatic heterocycles. The van der Waals surface area contributed by atoms with E-state index in [2.05, 4.69) is 40.3 Å². The van der Waals surface area contributed by atoms with E-state index in [-0.39, 0.29) is 0 Å². The Labute approximate surface area is 95.9 Å². The molecule has 1 atom stereocenters. The number of rotatable bonds is 4. The number of hydrogen-bond acceptors (Lipinski definition) is 2. The summed E-state index contributed by atoms with van der Waals surface area (Å²) in [7, 11) is 3.99. The summed E-state index contributed by atoms with van der Waals surface area (Å²) < 4.78 is 4.20. The van der Waals surface area contributed by atoms with Gasteiger partial charge >= 0.3 is 0 Å². The molecule has 4 heteroatoms. The third-order valence-electron chi connectivity index (χ3n) is 2.95. The first-order valence-electron chi connectivity index (χ1n) is 5.50. The first kappa shape index (κ1) is 11.0. The predicted octanol–water partition coefficient (Wildman–Crippen LogP) is 1.55. The Morgan fingerprint density at radius 2 is 2.25 bits per heavy atom. The van der Waals surface area contributed by atoms with Crippen LogP contribution in [0.2, 0.25) is 0 Å². The van der Waals surface area contributed by atoms with E-state index in [1.165, 1.54) is 5.56 Å². The van der Waals surface area contributed by atoms with Crippen molar-refractivity contribution in [2.45, 2.75) is 19.5 Å². The number of nitrogens with zero attached hydrogens (tertiary/aromatic N) is 3. The quantitative estimate of drug-likeness (QED) is 0.845. The van der Waals surface area contributed by atoms with Crippen molar-refractivity contribution >= 4 is 0 Å². The molecule has 0 spiro atoms. The monoisotopic (exact) mass is 218 g/mol. The Hall–Kier alpha value is -1.55. The molecule has 0 saturated heterocycles. The third kappa shape index (κ3) is 2.17. The van der Waals surface area contributed by atoms with Crippen molar-refractivity contribution in [1.82, 2.24) is 19.4 Å². The largest absolute Gasteiger partial charge is 0.346 e. The van der Waals surface area contributed by atoms with Crippen molar-refractivity contribution in [2.75, 3.05) is 7.05 Å². The van der Waals surface area contributed by atoms with E-state index in [0.29, 0.717) is 6.04 Å². The van der Waals surface area contributed by atoms with Crippen LogP contribution < -0.4 is 5.32 Å². The lowest BCUT2D eigenvalue weighted by Gasteiger charge is -2.07. The molecule has 4 nitrogen and oxygen atoms in total. The van der Waals surface area contributed by atoms with Gasteiger partial charge in [0.25, 0.3) is 0 Å². The summed E-state index contributed by atoms with van der Waals surface area (Å²) in [5, 5.41) is 3.23. The van der Waals surface area contributed by atoms with Crippen molar-refractivity contribution in [2.24, 2.45) is 7.05 Å². The smallest absolute Gasteiger partial charge is 0.128 e. The summed E-state index contributed by atoms with van der Waals surface area (Å²) in [4.78, 5) is 4.31. The molecule has 0 aliphatic rings. The van der Waals surface area contributed by atoms with E-state index in [1.54, 1.807) is 0 Å². The number of hydrogen-bond donors (Lipinski definition) is 1. The summed E-state index contributed by atoms with van der Waals surface area (Å²) >= 11 is 0. The normalized spacial score (nSPS) is 12.9. The van der Waals surface area contributed by atoms with Gasteiger partial charge in [0, 0.05) is 37.9 Å². The van der Waals surface area contributed by atoms with E-state index in [9.17, 15) is 0 Å². The maximum atomic E-state index is 4.31. The first-order valence-corrected chi connectivity index (χ1v) is 5.50. The SMILES string of the molecule is CNC(C)c1ccn(Cc2nccn2C)c1. The first-order chi connectivity index (χ1) is 7.70. The van der Waals surface area contributed by atoms with Crippen LogP contribution in [0, 0.1) is 0 Å². The van der Waals surface area contributed by atoms with Gasteiger partial charge in [-0.05, 0) is 25.6 Å². The predicted molar refractivity (Wildman–Crippen MR) is 64.2 cm³/mol. The second-order valence-corrected chi connectivity index (χ2v) is 4.08. The zero-order valence-electron chi connectivity index (χ0n) is 10.0. The average molecular weight is 218 g/mol. The standard InChI is InChI=1S/C12H18N4/c1-10(13-2)11-4-6-16(8-11)9-12-14-5-7-15(12)3/h4-8,10,13H,9H2,1-3H3. The van der Waals surface area contributed by atoms with Crippen LogP contribution >= 0.6 is 0 Å². The zero-order chi connectivity index (χ0) is 11.5. The Kier molecular flexibility index (Phi) is 3.10. The number of nitrogens with one attached hydrogen (secondary N) is 1. The maximum Gasteiger partial charge on any atom is 0.128 e. The van der Waals surface area contributed by atoms with Gasteiger partial charge in [0.15, 0.2) is 0 Å². The lowest BCUT2D eigenvalue weighted by molar-refractivity contribution is 0.645. The van der Waals surface area contributed by atoms with Gasteiger partial charge in [0.1, 0.15) is 5.82 Å². The molecule has 86 valence electrons. The van der Waals surface area contributed by atoms with Gasteiger partial charge in [-0.2, -0.15) is 0 Å². The molecule has 2 aromatic heterocycles. The van der Waals surface area contributed by atoms with E-state index < -0.39 is 0 Å². The second-order valence-electron chi connectivity index (χ2n) is 4.08. The molecular formula is C12H18N4. The van der Waals surface area contributed by atoms with Crippen molar-refractivity contribution in [3.05, 3.63) is 42.2 Å². The minimum Gasteiger partial charge on any atom is -0.346 e. The topological polar surface area (TPSA) is 34.8 Å². The highest BCUT2D eigenvalue weighted by Gasteiger charge is 2.05. The lowest BCUT2D eigenvalue weighted by Crippen LogP contribution is -2.11. The number of aromatic nitrogens is 3. The average Bonchev–Trinajstić information content (AvgIpc) is 2.89. The van der Waals surface area contributed by atoms with Crippen molar-refractivity contribution < 1.29 is 0 Å². The molecule has 0 saturated carbocycles. The van der Waals surface area contributed by atoms with Crippen LogP contribution in [0.1, 0.15) is 24.4 Å². The van der Waals surface area contributed by atoms with Crippen molar-refractivity contribution in [1.29, 1.82) is 0 Å². The summed E-state index contributed by atoms with van der Waals surface area (Å²) in [6.45, 7) is 2.97. The van der Waals surface area contributed by atoms with Crippen LogP contribution in [0.25, 0.3) is 0 Å². The van der Waals surface area contributed by atoms with E-state index >= 15 is 0 Å². The zero-order valence-corrected chi connectivity index (χ0v) is 10.0. The van der Waals surface area contributed by atoms with Crippen LogP contribution in [-0.2, 0) is 13.6 Å². The van der Waals surface area contributed by atoms with E-state index in [4.69, 9.17) is 0 Å². The molecule has 1 N–H and O–H groups in total. The minimum atomic E-state index is 0.391. The molecule has 1 unspecified atom stereocenters. The Balaban J connectivity index is 2.11. The summed E-state index contributed by atoms with van der Waals surface area (Å²) in [6.07, 6.45) is 8.06. The third-order valence-corrected chi connectivity index (χ3v) is 2.95. The molecular weight excluding hydrogens is 200 g/mol. The van der Waals surface area contributed by atoms with Crippen molar-refractivity contribution in [3.63, 3.8) is 0 Å². The van der Waals surface area contributed by atoms with Crippen LogP contribution in [0.5, 0.6) is 0 Å². The molecule has 0 radical (unpaired) electrons. The fourth-order valence-electron chi connectivity index (χ4n) is 1.69. The van der Waals surface area contributed by atoms with Crippen LogP contribution in [0.3, 0.4) is 0 Å². The molecule has 2 heterocycles. The highest BCUT2D eigenvalue weighted by molar-refractivity contribution is 5.15. The molecule has 0 bridgehead atoms. The fraction of sp³-hybridized carbons (Fsp3) is 0.417. The van der Waals surface area contributed by atoms with Gasteiger partial charge in [0.2, 0.25) is 0 Å². The number of aryl methyl sites for hydroxylation is 1. The molecule has 0 aromatic carbocycles. The Morgan fingerprint density at radius 1 is 1.44 bits per heavy atom. The minimum absolute atomic E-state index is 0.391. The fourth-order valence-corrected chi connectivity index (χ4v) is 1.69. The highest BCUT2D eigenvalue weighted by atomic mass is 15.1. The molecule has 2 aromatic rings. The van der Waals surface area contributed by atoms with Gasteiger partial charge in [-0.1, -0.05) is 0 Å². The molecule has 0 amide bonds. The summed E-state index contributed by atoms with van der Waals surface area (Å²) in [5.74, 6) is 1.07. The van der Waals surface area contributed by atoms with Crippen LogP contribution in [0.15, 0.2) is 30.9 Å². The second kappa shape index (κ2) is 4.53. The summed E-state index contributed by atoms with van der Waals surface area (Å²) in [6, 6.07) is 2.53. The van der Waals surface area contributed by atoms with Gasteiger partial charge in [-0.15, -0.1) is 0 Å². The van der Waals surface area contributed by atoms with E-state index in [0.717, 1.165) is 12.4 Å². The Morgan fingerprint density at radius 3 is 2.88 bits per heavy atom. The highest BCUT2D eigenvalue weighted by Crippen LogP contribution is 2.12. The summed E-state index contributed by atoms with van der Waals surface area (Å²) in [5.41, 5.74) is 1.30. The van der Waals surface area contributed by atoms with Gasteiger partial charge in [-0.3, -0.25) is 0 Å². The number of imidazole rings is 1. The maximum absolute atomic E-state index is 4.31. The Bertz CT molecular complexity index is 455. The lowest BCUT2D eigenvalue weighted by atomic mass is 10.2. The van der Waals surface area contributed by atoms with Gasteiger partial charge in [0.05, 0.1) is 6.54 Å². The van der Waals surface area contributed by atoms with Gasteiger partial charge in [-0.25, -0.2) is 4.98 Å². The van der Waals surface area contributed by atoms with E-state index in [1.807, 2.05) is 31.1 Å². The van der Waals surface area contributed by atoms with Crippen LogP contribution in [-0.4, -0.2) is 21.2 Å².